The van der Waals surface area contributed by atoms with E-state index >= 15 is 0 Å². The standard InChI is InChI=1S/C16H23N/c1-3-13-17-14(2)16(11-7-8-12-16)15-9-5-4-6-10-15/h4-6,9-10,17H,2-3,7-8,11-13H2,1H3. The first kappa shape index (κ1) is 12.2. The van der Waals surface area contributed by atoms with E-state index in [0.29, 0.717) is 0 Å². The average Bonchev–Trinajstić information content (AvgIpc) is 2.87. The number of hydrogen-bond acceptors (Lipinski definition) is 1. The Kier molecular flexibility index (Phi) is 3.88. The van der Waals surface area contributed by atoms with Crippen LogP contribution in [0, 0.1) is 0 Å². The lowest BCUT2D eigenvalue weighted by Gasteiger charge is -2.32. The Morgan fingerprint density at radius 1 is 1.24 bits per heavy atom. The van der Waals surface area contributed by atoms with Crippen LogP contribution >= 0.6 is 0 Å². The second-order valence-corrected chi connectivity index (χ2v) is 5.06. The summed E-state index contributed by atoms with van der Waals surface area (Å²) < 4.78 is 0. The van der Waals surface area contributed by atoms with Crippen molar-refractivity contribution in [1.29, 1.82) is 0 Å². The second kappa shape index (κ2) is 5.39. The summed E-state index contributed by atoms with van der Waals surface area (Å²) in [4.78, 5) is 0. The highest BCUT2D eigenvalue weighted by Crippen LogP contribution is 2.44. The van der Waals surface area contributed by atoms with Gasteiger partial charge in [0.05, 0.1) is 0 Å². The zero-order chi connectivity index (χ0) is 12.1. The van der Waals surface area contributed by atoms with Crippen molar-refractivity contribution in [2.75, 3.05) is 6.54 Å². The van der Waals surface area contributed by atoms with Crippen molar-refractivity contribution < 1.29 is 0 Å². The molecule has 1 aromatic carbocycles. The molecule has 0 heterocycles. The molecular weight excluding hydrogens is 206 g/mol. The van der Waals surface area contributed by atoms with E-state index in [4.69, 9.17) is 0 Å². The molecule has 1 aromatic rings. The van der Waals surface area contributed by atoms with Crippen LogP contribution in [0.25, 0.3) is 0 Å². The third kappa shape index (κ3) is 2.38. The first-order valence-corrected chi connectivity index (χ1v) is 6.78. The second-order valence-electron chi connectivity index (χ2n) is 5.06. The van der Waals surface area contributed by atoms with Gasteiger partial charge in [-0.3, -0.25) is 0 Å². The average molecular weight is 229 g/mol. The molecule has 1 aliphatic rings. The topological polar surface area (TPSA) is 12.0 Å². The zero-order valence-electron chi connectivity index (χ0n) is 10.8. The molecule has 17 heavy (non-hydrogen) atoms. The molecule has 0 radical (unpaired) electrons. The van der Waals surface area contributed by atoms with Gasteiger partial charge in [-0.15, -0.1) is 0 Å². The number of hydrogen-bond donors (Lipinski definition) is 1. The molecule has 1 saturated carbocycles. The lowest BCUT2D eigenvalue weighted by Crippen LogP contribution is -2.33. The van der Waals surface area contributed by atoms with E-state index in [1.807, 2.05) is 0 Å². The van der Waals surface area contributed by atoms with Crippen LogP contribution in [-0.2, 0) is 5.41 Å². The first-order valence-electron chi connectivity index (χ1n) is 6.78. The molecule has 0 unspecified atom stereocenters. The first-order chi connectivity index (χ1) is 8.29. The van der Waals surface area contributed by atoms with Gasteiger partial charge in [0.25, 0.3) is 0 Å². The Labute approximate surface area is 105 Å². The molecule has 0 atom stereocenters. The van der Waals surface area contributed by atoms with Crippen molar-refractivity contribution in [1.82, 2.24) is 5.32 Å². The summed E-state index contributed by atoms with van der Waals surface area (Å²) in [6.07, 6.45) is 6.28. The number of allylic oxidation sites excluding steroid dienone is 1. The molecule has 1 heteroatoms. The number of rotatable bonds is 5. The van der Waals surface area contributed by atoms with Gasteiger partial charge in [0.15, 0.2) is 0 Å². The molecule has 0 saturated heterocycles. The minimum Gasteiger partial charge on any atom is -0.388 e. The summed E-state index contributed by atoms with van der Waals surface area (Å²) in [6, 6.07) is 10.9. The maximum Gasteiger partial charge on any atom is 0.0344 e. The zero-order valence-corrected chi connectivity index (χ0v) is 10.8. The highest BCUT2D eigenvalue weighted by molar-refractivity contribution is 5.35. The molecule has 0 aliphatic heterocycles. The monoisotopic (exact) mass is 229 g/mol. The Hall–Kier alpha value is -1.24. The van der Waals surface area contributed by atoms with E-state index in [0.717, 1.165) is 13.0 Å². The fourth-order valence-corrected chi connectivity index (χ4v) is 2.95. The molecule has 0 aromatic heterocycles. The van der Waals surface area contributed by atoms with Crippen LogP contribution in [0.5, 0.6) is 0 Å². The van der Waals surface area contributed by atoms with Crippen molar-refractivity contribution in [3.8, 4) is 0 Å². The molecule has 1 nitrogen and oxygen atoms in total. The fraction of sp³-hybridized carbons (Fsp3) is 0.500. The third-order valence-corrected chi connectivity index (χ3v) is 3.95. The van der Waals surface area contributed by atoms with Crippen LogP contribution < -0.4 is 5.32 Å². The van der Waals surface area contributed by atoms with Gasteiger partial charge in [0, 0.05) is 17.7 Å². The van der Waals surface area contributed by atoms with Crippen molar-refractivity contribution in [2.24, 2.45) is 0 Å². The Morgan fingerprint density at radius 2 is 1.88 bits per heavy atom. The summed E-state index contributed by atoms with van der Waals surface area (Å²) in [6.45, 7) is 7.55. The highest BCUT2D eigenvalue weighted by atomic mass is 14.9. The van der Waals surface area contributed by atoms with Crippen LogP contribution in [-0.4, -0.2) is 6.54 Å². The summed E-state index contributed by atoms with van der Waals surface area (Å²) in [5.74, 6) is 0. The maximum atomic E-state index is 4.31. The Balaban J connectivity index is 2.24. The summed E-state index contributed by atoms with van der Waals surface area (Å²) >= 11 is 0. The van der Waals surface area contributed by atoms with E-state index in [-0.39, 0.29) is 5.41 Å². The van der Waals surface area contributed by atoms with Gasteiger partial charge < -0.3 is 5.32 Å². The van der Waals surface area contributed by atoms with Crippen molar-refractivity contribution >= 4 is 0 Å². The summed E-state index contributed by atoms with van der Waals surface area (Å²) in [5, 5.41) is 3.52. The summed E-state index contributed by atoms with van der Waals surface area (Å²) in [5.41, 5.74) is 2.85. The van der Waals surface area contributed by atoms with Gasteiger partial charge >= 0.3 is 0 Å². The number of nitrogens with one attached hydrogen (secondary N) is 1. The van der Waals surface area contributed by atoms with Gasteiger partial charge in [-0.2, -0.15) is 0 Å². The lowest BCUT2D eigenvalue weighted by atomic mass is 9.76. The normalized spacial score (nSPS) is 17.9. The minimum atomic E-state index is 0.191. The molecule has 0 bridgehead atoms. The van der Waals surface area contributed by atoms with Crippen LogP contribution in [0.2, 0.25) is 0 Å². The fourth-order valence-electron chi connectivity index (χ4n) is 2.95. The van der Waals surface area contributed by atoms with Crippen molar-refractivity contribution in [2.45, 2.75) is 44.4 Å². The number of benzene rings is 1. The van der Waals surface area contributed by atoms with Crippen LogP contribution in [0.15, 0.2) is 42.6 Å². The van der Waals surface area contributed by atoms with Crippen LogP contribution in [0.4, 0.5) is 0 Å². The van der Waals surface area contributed by atoms with Crippen molar-refractivity contribution in [3.05, 3.63) is 48.2 Å². The van der Waals surface area contributed by atoms with Crippen LogP contribution in [0.3, 0.4) is 0 Å². The minimum absolute atomic E-state index is 0.191. The quantitative estimate of drug-likeness (QED) is 0.804. The van der Waals surface area contributed by atoms with Gasteiger partial charge in [0.2, 0.25) is 0 Å². The predicted octanol–water partition coefficient (Wildman–Crippen LogP) is 4.01. The van der Waals surface area contributed by atoms with Gasteiger partial charge in [-0.25, -0.2) is 0 Å². The predicted molar refractivity (Wildman–Crippen MR) is 74.0 cm³/mol. The molecular formula is C16H23N. The van der Waals surface area contributed by atoms with E-state index < -0.39 is 0 Å². The molecule has 1 N–H and O–H groups in total. The van der Waals surface area contributed by atoms with E-state index in [9.17, 15) is 0 Å². The third-order valence-electron chi connectivity index (χ3n) is 3.95. The smallest absolute Gasteiger partial charge is 0.0344 e. The van der Waals surface area contributed by atoms with E-state index in [1.165, 1.54) is 36.9 Å². The van der Waals surface area contributed by atoms with E-state index in [2.05, 4.69) is 49.2 Å². The lowest BCUT2D eigenvalue weighted by molar-refractivity contribution is 0.481. The SMILES string of the molecule is C=C(NCCC)C1(c2ccccc2)CCCC1. The van der Waals surface area contributed by atoms with E-state index in [1.54, 1.807) is 0 Å². The molecule has 0 amide bonds. The molecule has 2 rings (SSSR count). The van der Waals surface area contributed by atoms with Crippen molar-refractivity contribution in [3.63, 3.8) is 0 Å². The largest absolute Gasteiger partial charge is 0.388 e. The maximum absolute atomic E-state index is 4.31. The molecule has 1 fully saturated rings. The Morgan fingerprint density at radius 3 is 2.47 bits per heavy atom. The van der Waals surface area contributed by atoms with Gasteiger partial charge in [-0.05, 0) is 24.8 Å². The molecule has 92 valence electrons. The summed E-state index contributed by atoms with van der Waals surface area (Å²) in [7, 11) is 0. The molecule has 1 aliphatic carbocycles. The van der Waals surface area contributed by atoms with Crippen LogP contribution in [0.1, 0.15) is 44.6 Å². The van der Waals surface area contributed by atoms with Gasteiger partial charge in [-0.1, -0.05) is 56.7 Å². The highest BCUT2D eigenvalue weighted by Gasteiger charge is 2.37. The Bertz CT molecular complexity index is 360. The van der Waals surface area contributed by atoms with Gasteiger partial charge in [0.1, 0.15) is 0 Å². The molecule has 0 spiro atoms.